The van der Waals surface area contributed by atoms with Crippen molar-refractivity contribution in [1.82, 2.24) is 4.57 Å². The van der Waals surface area contributed by atoms with E-state index >= 15 is 0 Å². The second kappa shape index (κ2) is 27.9. The molecule has 8 rings (SSSR count). The smallest absolute Gasteiger partial charge is 0.338 e. The lowest BCUT2D eigenvalue weighted by atomic mass is 9.97. The summed E-state index contributed by atoms with van der Waals surface area (Å²) < 4.78 is 56.5. The molecule has 420 valence electrons. The molecule has 1 aromatic heterocycles. The van der Waals surface area contributed by atoms with Gasteiger partial charge < -0.3 is 57.6 Å². The Kier molecular flexibility index (Phi) is 19.9. The number of aryl methyl sites for hydroxylation is 1. The first kappa shape index (κ1) is 57.7. The average Bonchev–Trinajstić information content (AvgIpc) is 3.58. The number of carbonyl (C=O) groups is 5. The molecule has 1 saturated heterocycles. The van der Waals surface area contributed by atoms with Crippen LogP contribution in [0.5, 0.6) is 28.7 Å². The quantitative estimate of drug-likeness (QED) is 0.0249. The van der Waals surface area contributed by atoms with E-state index in [0.717, 1.165) is 32.1 Å². The highest BCUT2D eigenvalue weighted by Gasteiger charge is 2.55. The zero-order chi connectivity index (χ0) is 57.3. The highest BCUT2D eigenvalue weighted by atomic mass is 16.7. The van der Waals surface area contributed by atoms with E-state index in [4.69, 9.17) is 42.6 Å². The first-order valence-corrected chi connectivity index (χ1v) is 26.4. The molecule has 5 atom stereocenters. The molecule has 1 aliphatic heterocycles. The topological polar surface area (TPSA) is 223 Å². The fourth-order valence-electron chi connectivity index (χ4n) is 8.97. The molecule has 0 radical (unpaired) electrons. The number of esters is 4. The molecule has 1 amide bonds. The van der Waals surface area contributed by atoms with Crippen molar-refractivity contribution in [2.45, 2.75) is 76.2 Å². The standard InChI is InChI=1S/C63H62N2O16/c1-5-6-7-8-9-22-35-75-56-53(46-33-32-45(38-47(46)65(2)58(56)68)64-51(66)34-31-40-36-48(73-3)52(67)49(37-40)74-4)81-63-57(80-62(72)44-29-20-13-21-30-44)55(79-61(71)43-27-18-12-19-28-43)54(78-60(70)42-25-16-11-17-26-42)50(77-63)39-76-59(69)41-23-14-10-15-24-41/h10-21,23-34,36-38,50,54-55,57,63,67H,5-9,22,35,39H2,1-4H3,(H,64,66)/b34-31+/t50-,54-,55+,57+,63-/m1/s1. The predicted octanol–water partition coefficient (Wildman–Crippen LogP) is 10.3. The number of carbonyl (C=O) groups excluding carboxylic acids is 5. The molecule has 0 bridgehead atoms. The summed E-state index contributed by atoms with van der Waals surface area (Å²) >= 11 is 0. The van der Waals surface area contributed by atoms with Crippen LogP contribution in [-0.2, 0) is 35.5 Å². The monoisotopic (exact) mass is 1100 g/mol. The van der Waals surface area contributed by atoms with E-state index in [9.17, 15) is 33.9 Å². The van der Waals surface area contributed by atoms with Gasteiger partial charge in [0.15, 0.2) is 29.5 Å². The number of aromatic nitrogens is 1. The summed E-state index contributed by atoms with van der Waals surface area (Å²) in [7, 11) is 4.29. The van der Waals surface area contributed by atoms with Crippen LogP contribution in [0.1, 0.15) is 92.4 Å². The molecule has 0 spiro atoms. The largest absolute Gasteiger partial charge is 0.502 e. The molecule has 6 aromatic carbocycles. The minimum absolute atomic E-state index is 0.0788. The number of benzene rings is 6. The van der Waals surface area contributed by atoms with Gasteiger partial charge in [-0.25, -0.2) is 19.2 Å². The summed E-state index contributed by atoms with van der Waals surface area (Å²) in [5.74, 6) is -4.44. The molecular formula is C63H62N2O16. The number of phenolic OH excluding ortho intramolecular Hbond substituents is 1. The van der Waals surface area contributed by atoms with E-state index in [1.54, 1.807) is 103 Å². The third kappa shape index (κ3) is 14.6. The Morgan fingerprint density at radius 2 is 1.12 bits per heavy atom. The molecule has 0 aliphatic carbocycles. The average molecular weight is 1100 g/mol. The molecule has 18 nitrogen and oxygen atoms in total. The van der Waals surface area contributed by atoms with Crippen molar-refractivity contribution in [2.24, 2.45) is 7.05 Å². The van der Waals surface area contributed by atoms with Gasteiger partial charge in [0.05, 0.1) is 48.6 Å². The Hall–Kier alpha value is -9.42. The number of aromatic hydroxyl groups is 1. The van der Waals surface area contributed by atoms with Crippen LogP contribution >= 0.6 is 0 Å². The Morgan fingerprint density at radius 3 is 1.67 bits per heavy atom. The fourth-order valence-corrected chi connectivity index (χ4v) is 8.97. The fraction of sp³-hybridized carbons (Fsp3) is 0.270. The van der Waals surface area contributed by atoms with E-state index in [1.165, 1.54) is 86.5 Å². The zero-order valence-corrected chi connectivity index (χ0v) is 45.2. The van der Waals surface area contributed by atoms with Crippen LogP contribution in [0.4, 0.5) is 5.69 Å². The Balaban J connectivity index is 1.24. The van der Waals surface area contributed by atoms with E-state index in [2.05, 4.69) is 12.2 Å². The van der Waals surface area contributed by atoms with Gasteiger partial charge in [-0.2, -0.15) is 0 Å². The maximum absolute atomic E-state index is 14.8. The molecule has 81 heavy (non-hydrogen) atoms. The van der Waals surface area contributed by atoms with Crippen molar-refractivity contribution in [3.05, 3.63) is 196 Å². The van der Waals surface area contributed by atoms with Gasteiger partial charge in [0, 0.05) is 24.2 Å². The lowest BCUT2D eigenvalue weighted by Crippen LogP contribution is -2.64. The number of unbranched alkanes of at least 4 members (excludes halogenated alkanes) is 5. The van der Waals surface area contributed by atoms with Crippen LogP contribution in [0.25, 0.3) is 17.0 Å². The normalized spacial score (nSPS) is 16.7. The molecule has 2 heterocycles. The van der Waals surface area contributed by atoms with Gasteiger partial charge in [-0.05, 0) is 96.9 Å². The molecule has 7 aromatic rings. The summed E-state index contributed by atoms with van der Waals surface area (Å²) in [5.41, 5.74) is 0.771. The molecule has 0 unspecified atom stereocenters. The number of fused-ring (bicyclic) bond motifs is 1. The van der Waals surface area contributed by atoms with Crippen molar-refractivity contribution in [3.8, 4) is 28.7 Å². The van der Waals surface area contributed by atoms with Crippen molar-refractivity contribution in [1.29, 1.82) is 0 Å². The Morgan fingerprint density at radius 1 is 0.617 bits per heavy atom. The van der Waals surface area contributed by atoms with E-state index < -0.39 is 72.7 Å². The lowest BCUT2D eigenvalue weighted by Gasteiger charge is -2.44. The van der Waals surface area contributed by atoms with Gasteiger partial charge in [0.2, 0.25) is 29.8 Å². The summed E-state index contributed by atoms with van der Waals surface area (Å²) in [6.45, 7) is 1.58. The zero-order valence-electron chi connectivity index (χ0n) is 45.2. The second-order valence-corrected chi connectivity index (χ2v) is 18.8. The van der Waals surface area contributed by atoms with E-state index in [-0.39, 0.29) is 74.2 Å². The molecule has 1 fully saturated rings. The highest BCUT2D eigenvalue weighted by molar-refractivity contribution is 6.03. The summed E-state index contributed by atoms with van der Waals surface area (Å²) in [6.07, 6.45) is -0.417. The van der Waals surface area contributed by atoms with Gasteiger partial charge in [-0.1, -0.05) is 112 Å². The molecule has 2 N–H and O–H groups in total. The van der Waals surface area contributed by atoms with Crippen molar-refractivity contribution in [2.75, 3.05) is 32.8 Å². The van der Waals surface area contributed by atoms with E-state index in [0.29, 0.717) is 12.0 Å². The van der Waals surface area contributed by atoms with Crippen LogP contribution in [0.15, 0.2) is 163 Å². The van der Waals surface area contributed by atoms with Crippen LogP contribution in [0.3, 0.4) is 0 Å². The van der Waals surface area contributed by atoms with Crippen LogP contribution in [0, 0.1) is 0 Å². The number of ether oxygens (including phenoxy) is 9. The van der Waals surface area contributed by atoms with Gasteiger partial charge in [0.1, 0.15) is 12.7 Å². The Labute approximate surface area is 467 Å². The number of hydrogen-bond donors (Lipinski definition) is 2. The minimum atomic E-state index is -1.85. The van der Waals surface area contributed by atoms with Gasteiger partial charge in [-0.3, -0.25) is 9.59 Å². The first-order chi connectivity index (χ1) is 39.4. The Bertz CT molecular complexity index is 3360. The number of phenols is 1. The van der Waals surface area contributed by atoms with Crippen molar-refractivity contribution in [3.63, 3.8) is 0 Å². The number of pyridine rings is 1. The number of amides is 1. The number of nitrogens with one attached hydrogen (secondary N) is 1. The SMILES string of the molecule is CCCCCCCCOc1c(O[C@H]2O[C@H](COC(=O)c3ccccc3)[C@@H](OC(=O)c3ccccc3)[C@H](OC(=O)c3ccccc3)[C@@H]2OC(=O)c2ccccc2)c2ccc(NC(=O)/C=C/c3cc(OC)c(O)c(OC)c3)cc2n(C)c1=O. The second-order valence-electron chi connectivity index (χ2n) is 18.8. The van der Waals surface area contributed by atoms with Crippen LogP contribution in [-0.4, -0.2) is 97.6 Å². The number of rotatable bonds is 24. The van der Waals surface area contributed by atoms with Crippen molar-refractivity contribution >= 4 is 52.5 Å². The third-order valence-electron chi connectivity index (χ3n) is 13.2. The van der Waals surface area contributed by atoms with Crippen molar-refractivity contribution < 1.29 is 71.7 Å². The molecule has 1 aliphatic rings. The molecule has 0 saturated carbocycles. The molecule has 18 heteroatoms. The third-order valence-corrected chi connectivity index (χ3v) is 13.2. The summed E-state index contributed by atoms with van der Waals surface area (Å²) in [5, 5.41) is 13.5. The van der Waals surface area contributed by atoms with Crippen LogP contribution in [0.2, 0.25) is 0 Å². The minimum Gasteiger partial charge on any atom is -0.502 e. The maximum atomic E-state index is 14.8. The van der Waals surface area contributed by atoms with Gasteiger partial charge >= 0.3 is 23.9 Å². The number of hydrogen-bond acceptors (Lipinski definition) is 16. The van der Waals surface area contributed by atoms with Crippen LogP contribution < -0.4 is 29.8 Å². The number of methoxy groups -OCH3 is 2. The predicted molar refractivity (Wildman–Crippen MR) is 300 cm³/mol. The summed E-state index contributed by atoms with van der Waals surface area (Å²) in [6, 6.07) is 39.7. The number of nitrogens with zero attached hydrogens (tertiary/aromatic N) is 1. The highest BCUT2D eigenvalue weighted by Crippen LogP contribution is 2.40. The molecular weight excluding hydrogens is 1040 g/mol. The first-order valence-electron chi connectivity index (χ1n) is 26.4. The van der Waals surface area contributed by atoms with E-state index in [1.807, 2.05) is 0 Å². The van der Waals surface area contributed by atoms with Gasteiger partial charge in [-0.15, -0.1) is 0 Å². The lowest BCUT2D eigenvalue weighted by molar-refractivity contribution is -0.275. The maximum Gasteiger partial charge on any atom is 0.338 e. The summed E-state index contributed by atoms with van der Waals surface area (Å²) in [4.78, 5) is 84.9. The number of anilines is 1. The van der Waals surface area contributed by atoms with Gasteiger partial charge in [0.25, 0.3) is 5.56 Å².